The third kappa shape index (κ3) is 5.07. The van der Waals surface area contributed by atoms with Gasteiger partial charge in [0.2, 0.25) is 0 Å². The molecule has 1 atom stereocenters. The first-order valence-corrected chi connectivity index (χ1v) is 11.1. The molecule has 4 heteroatoms. The Morgan fingerprint density at radius 2 is 1.63 bits per heavy atom. The highest BCUT2D eigenvalue weighted by Gasteiger charge is 2.11. The molecule has 0 saturated heterocycles. The maximum absolute atomic E-state index is 6.21. The summed E-state index contributed by atoms with van der Waals surface area (Å²) in [5.74, 6) is 0. The summed E-state index contributed by atoms with van der Waals surface area (Å²) in [5.41, 5.74) is 5.08. The predicted octanol–water partition coefficient (Wildman–Crippen LogP) is 7.11. The lowest BCUT2D eigenvalue weighted by Gasteiger charge is -2.13. The van der Waals surface area contributed by atoms with Gasteiger partial charge < -0.3 is 9.88 Å². The smallest absolute Gasteiger partial charge is 0.0595 e. The fourth-order valence-corrected chi connectivity index (χ4v) is 4.16. The standard InChI is InChI=1S/C26H26Cl2N2/c1-19(11-12-20-7-3-2-4-8-20)29-16-22-18-30(26-10-6-5-9-23(22)26)17-21-13-14-24(27)25(28)15-21/h2-10,13-15,18-19,29H,11-12,16-17H2,1H3/t19-/m0/s1. The molecule has 4 rings (SSSR count). The summed E-state index contributed by atoms with van der Waals surface area (Å²) < 4.78 is 2.29. The average molecular weight is 437 g/mol. The highest BCUT2D eigenvalue weighted by molar-refractivity contribution is 6.42. The average Bonchev–Trinajstić information content (AvgIpc) is 3.12. The van der Waals surface area contributed by atoms with Gasteiger partial charge in [0, 0.05) is 36.2 Å². The number of hydrogen-bond acceptors (Lipinski definition) is 1. The van der Waals surface area contributed by atoms with Crippen LogP contribution in [0, 0.1) is 0 Å². The van der Waals surface area contributed by atoms with Crippen molar-refractivity contribution in [3.8, 4) is 0 Å². The molecule has 30 heavy (non-hydrogen) atoms. The van der Waals surface area contributed by atoms with Crippen LogP contribution in [0.1, 0.15) is 30.0 Å². The van der Waals surface area contributed by atoms with E-state index in [4.69, 9.17) is 23.2 Å². The third-order valence-electron chi connectivity index (χ3n) is 5.56. The van der Waals surface area contributed by atoms with E-state index in [1.807, 2.05) is 18.2 Å². The first-order valence-electron chi connectivity index (χ1n) is 10.4. The quantitative estimate of drug-likeness (QED) is 0.311. The minimum atomic E-state index is 0.447. The van der Waals surface area contributed by atoms with Gasteiger partial charge in [0.25, 0.3) is 0 Å². The van der Waals surface area contributed by atoms with Crippen molar-refractivity contribution in [2.45, 2.75) is 38.9 Å². The second-order valence-electron chi connectivity index (χ2n) is 7.85. The van der Waals surface area contributed by atoms with Gasteiger partial charge in [-0.05, 0) is 54.7 Å². The monoisotopic (exact) mass is 436 g/mol. The van der Waals surface area contributed by atoms with Gasteiger partial charge in [-0.3, -0.25) is 0 Å². The van der Waals surface area contributed by atoms with Crippen LogP contribution < -0.4 is 5.32 Å². The van der Waals surface area contributed by atoms with E-state index < -0.39 is 0 Å². The summed E-state index contributed by atoms with van der Waals surface area (Å²) in [4.78, 5) is 0. The Kier molecular flexibility index (Phi) is 6.79. The summed E-state index contributed by atoms with van der Waals surface area (Å²) in [7, 11) is 0. The Morgan fingerprint density at radius 3 is 2.43 bits per heavy atom. The minimum absolute atomic E-state index is 0.447. The molecular formula is C26H26Cl2N2. The molecule has 154 valence electrons. The maximum atomic E-state index is 6.21. The van der Waals surface area contributed by atoms with E-state index in [9.17, 15) is 0 Å². The first-order chi connectivity index (χ1) is 14.6. The molecule has 1 N–H and O–H groups in total. The number of nitrogens with zero attached hydrogens (tertiary/aromatic N) is 1. The van der Waals surface area contributed by atoms with Gasteiger partial charge in [0.05, 0.1) is 10.0 Å². The van der Waals surface area contributed by atoms with Gasteiger partial charge in [-0.15, -0.1) is 0 Å². The van der Waals surface area contributed by atoms with Gasteiger partial charge in [0.15, 0.2) is 0 Å². The van der Waals surface area contributed by atoms with Crippen LogP contribution in [0.5, 0.6) is 0 Å². The van der Waals surface area contributed by atoms with Crippen molar-refractivity contribution in [3.05, 3.63) is 106 Å². The van der Waals surface area contributed by atoms with Crippen LogP contribution in [0.25, 0.3) is 10.9 Å². The van der Waals surface area contributed by atoms with Crippen molar-refractivity contribution in [3.63, 3.8) is 0 Å². The molecule has 0 saturated carbocycles. The largest absolute Gasteiger partial charge is 0.343 e. The van der Waals surface area contributed by atoms with Crippen LogP contribution in [-0.2, 0) is 19.5 Å². The number of nitrogens with one attached hydrogen (secondary N) is 1. The molecule has 0 radical (unpaired) electrons. The lowest BCUT2D eigenvalue weighted by molar-refractivity contribution is 0.514. The van der Waals surface area contributed by atoms with E-state index in [0.717, 1.165) is 31.5 Å². The van der Waals surface area contributed by atoms with E-state index in [-0.39, 0.29) is 0 Å². The number of benzene rings is 3. The van der Waals surface area contributed by atoms with Gasteiger partial charge in [-0.1, -0.05) is 77.8 Å². The topological polar surface area (TPSA) is 17.0 Å². The van der Waals surface area contributed by atoms with Crippen LogP contribution in [0.3, 0.4) is 0 Å². The zero-order chi connectivity index (χ0) is 20.9. The molecule has 0 fully saturated rings. The molecule has 0 aliphatic rings. The van der Waals surface area contributed by atoms with Crippen molar-refractivity contribution in [1.29, 1.82) is 0 Å². The summed E-state index contributed by atoms with van der Waals surface area (Å²) in [6.07, 6.45) is 4.46. The van der Waals surface area contributed by atoms with E-state index >= 15 is 0 Å². The van der Waals surface area contributed by atoms with Gasteiger partial charge >= 0.3 is 0 Å². The number of halogens is 2. The zero-order valence-corrected chi connectivity index (χ0v) is 18.6. The number of hydrogen-bond donors (Lipinski definition) is 1. The molecule has 1 heterocycles. The Morgan fingerprint density at radius 1 is 0.867 bits per heavy atom. The molecule has 0 aliphatic carbocycles. The second-order valence-corrected chi connectivity index (χ2v) is 8.67. The highest BCUT2D eigenvalue weighted by atomic mass is 35.5. The van der Waals surface area contributed by atoms with Gasteiger partial charge in [-0.2, -0.15) is 0 Å². The number of aryl methyl sites for hydroxylation is 1. The van der Waals surface area contributed by atoms with Crippen molar-refractivity contribution in [2.75, 3.05) is 0 Å². The van der Waals surface area contributed by atoms with Crippen molar-refractivity contribution in [1.82, 2.24) is 9.88 Å². The SMILES string of the molecule is C[C@@H](CCc1ccccc1)NCc1cn(Cc2ccc(Cl)c(Cl)c2)c2ccccc12. The lowest BCUT2D eigenvalue weighted by atomic mass is 10.1. The number of aromatic nitrogens is 1. The highest BCUT2D eigenvalue weighted by Crippen LogP contribution is 2.26. The number of para-hydroxylation sites is 1. The van der Waals surface area contributed by atoms with Crippen molar-refractivity contribution < 1.29 is 0 Å². The molecule has 0 unspecified atom stereocenters. The Hall–Kier alpha value is -2.26. The van der Waals surface area contributed by atoms with E-state index in [2.05, 4.69) is 77.6 Å². The van der Waals surface area contributed by atoms with E-state index in [0.29, 0.717) is 16.1 Å². The number of rotatable bonds is 8. The molecule has 4 aromatic rings. The Labute approximate surface area is 188 Å². The second kappa shape index (κ2) is 9.70. The third-order valence-corrected chi connectivity index (χ3v) is 6.30. The van der Waals surface area contributed by atoms with Crippen LogP contribution in [0.2, 0.25) is 10.0 Å². The zero-order valence-electron chi connectivity index (χ0n) is 17.1. The molecule has 1 aromatic heterocycles. The van der Waals surface area contributed by atoms with Crippen LogP contribution in [0.15, 0.2) is 79.0 Å². The van der Waals surface area contributed by atoms with Crippen molar-refractivity contribution in [2.24, 2.45) is 0 Å². The molecule has 2 nitrogen and oxygen atoms in total. The molecule has 0 amide bonds. The Balaban J connectivity index is 1.45. The summed E-state index contributed by atoms with van der Waals surface area (Å²) >= 11 is 12.3. The molecule has 0 spiro atoms. The minimum Gasteiger partial charge on any atom is -0.343 e. The van der Waals surface area contributed by atoms with Crippen LogP contribution in [0.4, 0.5) is 0 Å². The molecule has 0 bridgehead atoms. The maximum Gasteiger partial charge on any atom is 0.0595 e. The lowest BCUT2D eigenvalue weighted by Crippen LogP contribution is -2.25. The molecule has 0 aliphatic heterocycles. The van der Waals surface area contributed by atoms with Crippen LogP contribution in [-0.4, -0.2) is 10.6 Å². The van der Waals surface area contributed by atoms with Crippen LogP contribution >= 0.6 is 23.2 Å². The van der Waals surface area contributed by atoms with Gasteiger partial charge in [0.1, 0.15) is 0 Å². The fraction of sp³-hybridized carbons (Fsp3) is 0.231. The van der Waals surface area contributed by atoms with E-state index in [1.54, 1.807) is 0 Å². The Bertz CT molecular complexity index is 1120. The fourth-order valence-electron chi connectivity index (χ4n) is 3.84. The molecular weight excluding hydrogens is 411 g/mol. The normalized spacial score (nSPS) is 12.4. The molecule has 3 aromatic carbocycles. The predicted molar refractivity (Wildman–Crippen MR) is 129 cm³/mol. The van der Waals surface area contributed by atoms with E-state index in [1.165, 1.54) is 22.0 Å². The summed E-state index contributed by atoms with van der Waals surface area (Å²) in [5, 5.41) is 6.18. The first kappa shape index (κ1) is 21.0. The summed E-state index contributed by atoms with van der Waals surface area (Å²) in [6.45, 7) is 3.88. The van der Waals surface area contributed by atoms with Crippen molar-refractivity contribution >= 4 is 34.1 Å². The number of fused-ring (bicyclic) bond motifs is 1. The summed E-state index contributed by atoms with van der Waals surface area (Å²) in [6, 6.07) is 25.5. The van der Waals surface area contributed by atoms with Gasteiger partial charge in [-0.25, -0.2) is 0 Å².